The van der Waals surface area contributed by atoms with Crippen LogP contribution in [-0.4, -0.2) is 15.9 Å². The molecule has 5 nitrogen and oxygen atoms in total. The number of fused-ring (bicyclic) bond motifs is 3. The average Bonchev–Trinajstić information content (AvgIpc) is 2.83. The first-order valence-corrected chi connectivity index (χ1v) is 11.8. The Kier molecular flexibility index (Phi) is 5.89. The number of anilines is 2. The minimum Gasteiger partial charge on any atom is -0.399 e. The molecule has 0 unspecified atom stereocenters. The van der Waals surface area contributed by atoms with E-state index in [-0.39, 0.29) is 5.91 Å². The van der Waals surface area contributed by atoms with E-state index in [4.69, 9.17) is 15.7 Å². The lowest BCUT2D eigenvalue weighted by Gasteiger charge is -2.26. The van der Waals surface area contributed by atoms with Crippen molar-refractivity contribution in [3.05, 3.63) is 71.0 Å². The molecule has 2 aliphatic rings. The minimum absolute atomic E-state index is 0.00384. The van der Waals surface area contributed by atoms with Crippen molar-refractivity contribution >= 4 is 17.4 Å². The van der Waals surface area contributed by atoms with Gasteiger partial charge in [-0.1, -0.05) is 55.7 Å². The topological polar surface area (TPSA) is 80.9 Å². The Morgan fingerprint density at radius 2 is 1.81 bits per heavy atom. The van der Waals surface area contributed by atoms with Crippen molar-refractivity contribution in [2.24, 2.45) is 0 Å². The maximum Gasteiger partial charge on any atom is 0.225 e. The van der Waals surface area contributed by atoms with Gasteiger partial charge in [-0.25, -0.2) is 9.97 Å². The molecule has 1 saturated carbocycles. The molecular formula is C27H30N4O. The number of benzene rings is 2. The van der Waals surface area contributed by atoms with Crippen molar-refractivity contribution < 1.29 is 4.79 Å². The highest BCUT2D eigenvalue weighted by Gasteiger charge is 2.27. The number of aromatic nitrogens is 2. The average molecular weight is 427 g/mol. The zero-order valence-electron chi connectivity index (χ0n) is 18.4. The van der Waals surface area contributed by atoms with Crippen LogP contribution in [0.4, 0.5) is 11.5 Å². The molecule has 0 radical (unpaired) electrons. The first-order chi connectivity index (χ1) is 15.7. The summed E-state index contributed by atoms with van der Waals surface area (Å²) < 4.78 is 0. The Morgan fingerprint density at radius 1 is 1.00 bits per heavy atom. The van der Waals surface area contributed by atoms with Crippen molar-refractivity contribution in [2.45, 2.75) is 63.7 Å². The number of nitrogen functional groups attached to an aromatic ring is 1. The molecule has 0 saturated heterocycles. The van der Waals surface area contributed by atoms with Gasteiger partial charge < -0.3 is 11.1 Å². The van der Waals surface area contributed by atoms with Gasteiger partial charge in [0.15, 0.2) is 5.82 Å². The van der Waals surface area contributed by atoms with E-state index in [1.165, 1.54) is 30.4 Å². The molecule has 5 rings (SSSR count). The number of carbonyl (C=O) groups excluding carboxylic acids is 1. The molecule has 3 aromatic rings. The number of rotatable bonds is 5. The summed E-state index contributed by atoms with van der Waals surface area (Å²) in [6.07, 6.45) is 8.77. The monoisotopic (exact) mass is 426 g/mol. The number of nitrogens with two attached hydrogens (primary N) is 1. The van der Waals surface area contributed by atoms with Crippen molar-refractivity contribution in [1.82, 2.24) is 9.97 Å². The molecule has 3 N–H and O–H groups in total. The molecule has 1 amide bonds. The van der Waals surface area contributed by atoms with E-state index >= 15 is 0 Å². The van der Waals surface area contributed by atoms with Crippen LogP contribution in [0, 0.1) is 0 Å². The Bertz CT molecular complexity index is 1120. The zero-order chi connectivity index (χ0) is 21.9. The third-order valence-electron chi connectivity index (χ3n) is 6.74. The Hall–Kier alpha value is -3.21. The van der Waals surface area contributed by atoms with Crippen LogP contribution < -0.4 is 11.1 Å². The van der Waals surface area contributed by atoms with E-state index < -0.39 is 0 Å². The Morgan fingerprint density at radius 3 is 2.62 bits per heavy atom. The maximum atomic E-state index is 12.8. The standard InChI is InChI=1S/C27H30N4O/c28-21-13-14-22-20(17-21)12-15-23-26(22)31-25(19-9-5-2-6-10-19)27(29-23)30-24(32)16-11-18-7-3-1-4-8-18/h1,3-4,7-8,13-14,17,19H,2,5-6,9-12,15-16,28H2,(H,29,30,32). The van der Waals surface area contributed by atoms with Crippen LogP contribution in [-0.2, 0) is 24.1 Å². The third kappa shape index (κ3) is 4.38. The predicted octanol–water partition coefficient (Wildman–Crippen LogP) is 5.44. The normalized spacial score (nSPS) is 15.6. The number of carbonyl (C=O) groups is 1. The second-order valence-corrected chi connectivity index (χ2v) is 9.04. The number of nitrogens with zero attached hydrogens (tertiary/aromatic N) is 2. The first-order valence-electron chi connectivity index (χ1n) is 11.8. The smallest absolute Gasteiger partial charge is 0.225 e. The van der Waals surface area contributed by atoms with Crippen LogP contribution in [0.5, 0.6) is 0 Å². The number of hydrogen-bond acceptors (Lipinski definition) is 4. The van der Waals surface area contributed by atoms with Crippen LogP contribution in [0.15, 0.2) is 48.5 Å². The lowest BCUT2D eigenvalue weighted by atomic mass is 9.85. The summed E-state index contributed by atoms with van der Waals surface area (Å²) >= 11 is 0. The van der Waals surface area contributed by atoms with Crippen LogP contribution >= 0.6 is 0 Å². The molecule has 32 heavy (non-hydrogen) atoms. The minimum atomic E-state index is 0.00384. The van der Waals surface area contributed by atoms with Gasteiger partial charge in [-0.15, -0.1) is 0 Å². The van der Waals surface area contributed by atoms with Gasteiger partial charge in [0.05, 0.1) is 17.1 Å². The summed E-state index contributed by atoms with van der Waals surface area (Å²) in [6.45, 7) is 0. The molecule has 0 bridgehead atoms. The van der Waals surface area contributed by atoms with Gasteiger partial charge in [0.2, 0.25) is 5.91 Å². The highest BCUT2D eigenvalue weighted by atomic mass is 16.1. The fraction of sp³-hybridized carbons (Fsp3) is 0.370. The molecule has 164 valence electrons. The Labute approximate surface area is 189 Å². The van der Waals surface area contributed by atoms with Gasteiger partial charge >= 0.3 is 0 Å². The molecule has 0 spiro atoms. The molecule has 2 aromatic carbocycles. The summed E-state index contributed by atoms with van der Waals surface area (Å²) in [4.78, 5) is 23.0. The molecule has 0 aliphatic heterocycles. The van der Waals surface area contributed by atoms with E-state index in [0.29, 0.717) is 18.2 Å². The fourth-order valence-electron chi connectivity index (χ4n) is 5.03. The highest BCUT2D eigenvalue weighted by Crippen LogP contribution is 2.39. The summed E-state index contributed by atoms with van der Waals surface area (Å²) in [7, 11) is 0. The number of aryl methyl sites for hydroxylation is 3. The van der Waals surface area contributed by atoms with Crippen molar-refractivity contribution in [1.29, 1.82) is 0 Å². The summed E-state index contributed by atoms with van der Waals surface area (Å²) in [6, 6.07) is 16.2. The van der Waals surface area contributed by atoms with Gasteiger partial charge in [0.25, 0.3) is 0 Å². The van der Waals surface area contributed by atoms with E-state index in [1.807, 2.05) is 24.3 Å². The molecule has 2 aliphatic carbocycles. The summed E-state index contributed by atoms with van der Waals surface area (Å²) in [5, 5.41) is 3.13. The van der Waals surface area contributed by atoms with Crippen molar-refractivity contribution in [3.8, 4) is 11.3 Å². The maximum absolute atomic E-state index is 12.8. The second kappa shape index (κ2) is 9.11. The molecule has 5 heteroatoms. The SMILES string of the molecule is Nc1ccc2c(c1)CCc1nc(NC(=O)CCc3ccccc3)c(C3CCCCC3)nc1-2. The second-order valence-electron chi connectivity index (χ2n) is 9.04. The molecular weight excluding hydrogens is 396 g/mol. The van der Waals surface area contributed by atoms with Gasteiger partial charge in [-0.2, -0.15) is 0 Å². The third-order valence-corrected chi connectivity index (χ3v) is 6.74. The largest absolute Gasteiger partial charge is 0.399 e. The molecule has 1 aromatic heterocycles. The highest BCUT2D eigenvalue weighted by molar-refractivity contribution is 5.90. The predicted molar refractivity (Wildman–Crippen MR) is 129 cm³/mol. The van der Waals surface area contributed by atoms with Gasteiger partial charge in [0, 0.05) is 23.6 Å². The van der Waals surface area contributed by atoms with Crippen molar-refractivity contribution in [3.63, 3.8) is 0 Å². The molecule has 0 atom stereocenters. The molecule has 1 heterocycles. The first kappa shape index (κ1) is 20.7. The van der Waals surface area contributed by atoms with Crippen molar-refractivity contribution in [2.75, 3.05) is 11.1 Å². The molecule has 1 fully saturated rings. The summed E-state index contributed by atoms with van der Waals surface area (Å²) in [5.74, 6) is 1.03. The van der Waals surface area contributed by atoms with E-state index in [1.54, 1.807) is 0 Å². The zero-order valence-corrected chi connectivity index (χ0v) is 18.4. The van der Waals surface area contributed by atoms with Crippen LogP contribution in [0.25, 0.3) is 11.3 Å². The van der Waals surface area contributed by atoms with Crippen LogP contribution in [0.2, 0.25) is 0 Å². The van der Waals surface area contributed by atoms with Gasteiger partial charge in [0.1, 0.15) is 0 Å². The number of hydrogen-bond donors (Lipinski definition) is 2. The van der Waals surface area contributed by atoms with Crippen LogP contribution in [0.1, 0.15) is 67.0 Å². The lowest BCUT2D eigenvalue weighted by Crippen LogP contribution is -2.20. The summed E-state index contributed by atoms with van der Waals surface area (Å²) in [5.41, 5.74) is 13.2. The van der Waals surface area contributed by atoms with E-state index in [0.717, 1.165) is 60.4 Å². The van der Waals surface area contributed by atoms with Gasteiger partial charge in [-0.3, -0.25) is 4.79 Å². The van der Waals surface area contributed by atoms with E-state index in [2.05, 4.69) is 29.6 Å². The van der Waals surface area contributed by atoms with Crippen LogP contribution in [0.3, 0.4) is 0 Å². The quantitative estimate of drug-likeness (QED) is 0.532. The lowest BCUT2D eigenvalue weighted by molar-refractivity contribution is -0.116. The van der Waals surface area contributed by atoms with Gasteiger partial charge in [-0.05, 0) is 55.4 Å². The van der Waals surface area contributed by atoms with E-state index in [9.17, 15) is 4.79 Å². The Balaban J connectivity index is 1.45. The number of amides is 1. The fourth-order valence-corrected chi connectivity index (χ4v) is 5.03. The number of nitrogens with one attached hydrogen (secondary N) is 1.